The highest BCUT2D eigenvalue weighted by Crippen LogP contribution is 2.20. The average molecular weight is 444 g/mol. The maximum absolute atomic E-state index is 4.48. The van der Waals surface area contributed by atoms with Gasteiger partial charge in [-0.05, 0) is 43.5 Å². The molecule has 5 heteroatoms. The Morgan fingerprint density at radius 2 is 1.67 bits per heavy atom. The van der Waals surface area contributed by atoms with Gasteiger partial charge >= 0.3 is 0 Å². The van der Waals surface area contributed by atoms with Gasteiger partial charge in [0, 0.05) is 33.2 Å². The molecular formula is C19H33IN4. The van der Waals surface area contributed by atoms with Crippen LogP contribution in [-0.2, 0) is 13.1 Å². The molecule has 1 aliphatic heterocycles. The fourth-order valence-electron chi connectivity index (χ4n) is 3.48. The maximum atomic E-state index is 4.48. The fourth-order valence-corrected chi connectivity index (χ4v) is 3.48. The molecule has 0 saturated carbocycles. The number of nitrogens with one attached hydrogen (secondary N) is 1. The van der Waals surface area contributed by atoms with E-state index < -0.39 is 0 Å². The monoisotopic (exact) mass is 444 g/mol. The quantitative estimate of drug-likeness (QED) is 0.439. The van der Waals surface area contributed by atoms with Gasteiger partial charge in [-0.3, -0.25) is 4.99 Å². The SMILES string of the molecule is CN=C(NCc1ccc(CN(C)C)cc1)N1CC(C)CC(C)C1.I. The van der Waals surface area contributed by atoms with Crippen molar-refractivity contribution in [3.8, 4) is 0 Å². The molecule has 1 aliphatic rings. The molecule has 1 aromatic rings. The second kappa shape index (κ2) is 10.2. The molecule has 0 aromatic heterocycles. The van der Waals surface area contributed by atoms with E-state index in [2.05, 4.69) is 72.3 Å². The van der Waals surface area contributed by atoms with Crippen LogP contribution in [0.1, 0.15) is 31.4 Å². The van der Waals surface area contributed by atoms with Crippen LogP contribution in [0.5, 0.6) is 0 Å². The topological polar surface area (TPSA) is 30.9 Å². The van der Waals surface area contributed by atoms with Crippen molar-refractivity contribution in [3.05, 3.63) is 35.4 Å². The number of hydrogen-bond donors (Lipinski definition) is 1. The predicted octanol–water partition coefficient (Wildman–Crippen LogP) is 3.42. The van der Waals surface area contributed by atoms with Crippen molar-refractivity contribution >= 4 is 29.9 Å². The molecule has 2 unspecified atom stereocenters. The number of rotatable bonds is 4. The molecule has 2 atom stereocenters. The molecule has 4 nitrogen and oxygen atoms in total. The highest BCUT2D eigenvalue weighted by molar-refractivity contribution is 14.0. The van der Waals surface area contributed by atoms with Crippen LogP contribution in [0, 0.1) is 11.8 Å². The van der Waals surface area contributed by atoms with Crippen LogP contribution >= 0.6 is 24.0 Å². The fraction of sp³-hybridized carbons (Fsp3) is 0.632. The Morgan fingerprint density at radius 3 is 2.17 bits per heavy atom. The minimum Gasteiger partial charge on any atom is -0.352 e. The molecule has 1 saturated heterocycles. The molecule has 0 bridgehead atoms. The summed E-state index contributed by atoms with van der Waals surface area (Å²) in [5.74, 6) is 2.51. The Labute approximate surface area is 164 Å². The van der Waals surface area contributed by atoms with Crippen LogP contribution in [0.4, 0.5) is 0 Å². The lowest BCUT2D eigenvalue weighted by Crippen LogP contribution is -2.48. The Hall–Kier alpha value is -0.820. The summed E-state index contributed by atoms with van der Waals surface area (Å²) in [6.45, 7) is 8.68. The molecule has 24 heavy (non-hydrogen) atoms. The van der Waals surface area contributed by atoms with Crippen molar-refractivity contribution in [2.45, 2.75) is 33.4 Å². The third-order valence-corrected chi connectivity index (χ3v) is 4.35. The van der Waals surface area contributed by atoms with Gasteiger partial charge in [-0.15, -0.1) is 24.0 Å². The first-order valence-corrected chi connectivity index (χ1v) is 8.66. The number of aliphatic imine (C=N–C) groups is 1. The van der Waals surface area contributed by atoms with Gasteiger partial charge < -0.3 is 15.1 Å². The van der Waals surface area contributed by atoms with Crippen molar-refractivity contribution in [2.75, 3.05) is 34.2 Å². The summed E-state index contributed by atoms with van der Waals surface area (Å²) in [7, 11) is 6.08. The molecule has 0 aliphatic carbocycles. The number of nitrogens with zero attached hydrogens (tertiary/aromatic N) is 3. The Balaban J connectivity index is 0.00000288. The van der Waals surface area contributed by atoms with Crippen molar-refractivity contribution in [1.29, 1.82) is 0 Å². The van der Waals surface area contributed by atoms with E-state index in [-0.39, 0.29) is 24.0 Å². The first-order chi connectivity index (χ1) is 11.0. The average Bonchev–Trinajstić information content (AvgIpc) is 2.48. The van der Waals surface area contributed by atoms with E-state index in [1.807, 2.05) is 7.05 Å². The van der Waals surface area contributed by atoms with Crippen LogP contribution in [-0.4, -0.2) is 50.0 Å². The summed E-state index contributed by atoms with van der Waals surface area (Å²) in [6.07, 6.45) is 1.32. The van der Waals surface area contributed by atoms with Crippen molar-refractivity contribution in [2.24, 2.45) is 16.8 Å². The van der Waals surface area contributed by atoms with Gasteiger partial charge in [0.15, 0.2) is 5.96 Å². The Bertz CT molecular complexity index is 503. The van der Waals surface area contributed by atoms with Crippen LogP contribution in [0.2, 0.25) is 0 Å². The van der Waals surface area contributed by atoms with E-state index in [4.69, 9.17) is 0 Å². The van der Waals surface area contributed by atoms with Crippen molar-refractivity contribution in [1.82, 2.24) is 15.1 Å². The number of benzene rings is 1. The van der Waals surface area contributed by atoms with Gasteiger partial charge in [-0.2, -0.15) is 0 Å². The summed E-state index contributed by atoms with van der Waals surface area (Å²) >= 11 is 0. The number of halogens is 1. The Kier molecular flexibility index (Phi) is 9.05. The van der Waals surface area contributed by atoms with Crippen LogP contribution < -0.4 is 5.32 Å². The van der Waals surface area contributed by atoms with Crippen molar-refractivity contribution in [3.63, 3.8) is 0 Å². The minimum atomic E-state index is 0. The van der Waals surface area contributed by atoms with Gasteiger partial charge in [0.05, 0.1) is 0 Å². The third kappa shape index (κ3) is 6.59. The van der Waals surface area contributed by atoms with Gasteiger partial charge in [0.1, 0.15) is 0 Å². The first-order valence-electron chi connectivity index (χ1n) is 8.66. The van der Waals surface area contributed by atoms with E-state index in [1.54, 1.807) is 0 Å². The first kappa shape index (κ1) is 21.2. The molecule has 1 fully saturated rings. The molecule has 0 radical (unpaired) electrons. The van der Waals surface area contributed by atoms with Crippen molar-refractivity contribution < 1.29 is 0 Å². The summed E-state index contributed by atoms with van der Waals surface area (Å²) in [4.78, 5) is 9.07. The summed E-state index contributed by atoms with van der Waals surface area (Å²) in [5.41, 5.74) is 2.65. The zero-order valence-corrected chi connectivity index (χ0v) is 18.1. The molecule has 136 valence electrons. The van der Waals surface area contributed by atoms with Crippen LogP contribution in [0.15, 0.2) is 29.3 Å². The minimum absolute atomic E-state index is 0. The smallest absolute Gasteiger partial charge is 0.193 e. The molecule has 2 rings (SSSR count). The normalized spacial score (nSPS) is 21.6. The lowest BCUT2D eigenvalue weighted by atomic mass is 9.92. The molecular weight excluding hydrogens is 411 g/mol. The van der Waals surface area contributed by atoms with Gasteiger partial charge in [0.2, 0.25) is 0 Å². The maximum Gasteiger partial charge on any atom is 0.193 e. The standard InChI is InChI=1S/C19H32N4.HI/c1-15-10-16(2)13-23(12-15)19(20-3)21-11-17-6-8-18(9-7-17)14-22(4)5;/h6-9,15-16H,10-14H2,1-5H3,(H,20,21);1H. The summed E-state index contributed by atoms with van der Waals surface area (Å²) in [5, 5.41) is 3.52. The van der Waals surface area contributed by atoms with E-state index >= 15 is 0 Å². The molecule has 0 amide bonds. The number of piperidine rings is 1. The number of likely N-dealkylation sites (tertiary alicyclic amines) is 1. The lowest BCUT2D eigenvalue weighted by molar-refractivity contribution is 0.208. The highest BCUT2D eigenvalue weighted by atomic mass is 127. The summed E-state index contributed by atoms with van der Waals surface area (Å²) < 4.78 is 0. The van der Waals surface area contributed by atoms with Crippen LogP contribution in [0.3, 0.4) is 0 Å². The van der Waals surface area contributed by atoms with Gasteiger partial charge in [-0.1, -0.05) is 38.1 Å². The lowest BCUT2D eigenvalue weighted by Gasteiger charge is -2.37. The van der Waals surface area contributed by atoms with Gasteiger partial charge in [-0.25, -0.2) is 0 Å². The van der Waals surface area contributed by atoms with E-state index in [0.29, 0.717) is 0 Å². The van der Waals surface area contributed by atoms with Crippen LogP contribution in [0.25, 0.3) is 0 Å². The highest BCUT2D eigenvalue weighted by Gasteiger charge is 2.23. The predicted molar refractivity (Wildman–Crippen MR) is 114 cm³/mol. The summed E-state index contributed by atoms with van der Waals surface area (Å²) in [6, 6.07) is 8.84. The zero-order valence-electron chi connectivity index (χ0n) is 15.7. The second-order valence-corrected chi connectivity index (χ2v) is 7.31. The molecule has 1 aromatic carbocycles. The van der Waals surface area contributed by atoms with E-state index in [9.17, 15) is 0 Å². The molecule has 0 spiro atoms. The van der Waals surface area contributed by atoms with E-state index in [0.717, 1.165) is 44.0 Å². The largest absolute Gasteiger partial charge is 0.352 e. The third-order valence-electron chi connectivity index (χ3n) is 4.35. The number of hydrogen-bond acceptors (Lipinski definition) is 2. The second-order valence-electron chi connectivity index (χ2n) is 7.31. The molecule has 1 heterocycles. The van der Waals surface area contributed by atoms with Gasteiger partial charge in [0.25, 0.3) is 0 Å². The number of guanidine groups is 1. The Morgan fingerprint density at radius 1 is 1.12 bits per heavy atom. The zero-order chi connectivity index (χ0) is 16.8. The van der Waals surface area contributed by atoms with E-state index in [1.165, 1.54) is 17.5 Å². The molecule has 1 N–H and O–H groups in total.